The zero-order valence-corrected chi connectivity index (χ0v) is 16.4. The van der Waals surface area contributed by atoms with Crippen LogP contribution in [0.2, 0.25) is 0 Å². The molecule has 6 nitrogen and oxygen atoms in total. The van der Waals surface area contributed by atoms with Crippen LogP contribution < -0.4 is 4.74 Å². The average molecular weight is 383 g/mol. The molecule has 1 aromatic heterocycles. The predicted molar refractivity (Wildman–Crippen MR) is 105 cm³/mol. The number of carbonyl (C=O) groups excluding carboxylic acids is 2. The number of hydrogen-bond donors (Lipinski definition) is 1. The van der Waals surface area contributed by atoms with E-state index in [1.807, 2.05) is 0 Å². The second-order valence-electron chi connectivity index (χ2n) is 6.85. The number of aliphatic hydroxyl groups excluding tert-OH is 1. The molecule has 0 aliphatic carbocycles. The topological polar surface area (TPSA) is 80.0 Å². The van der Waals surface area contributed by atoms with Crippen molar-refractivity contribution < 1.29 is 23.8 Å². The molecule has 2 heterocycles. The van der Waals surface area contributed by atoms with Gasteiger partial charge in [-0.25, -0.2) is 0 Å². The van der Waals surface area contributed by atoms with E-state index in [0.717, 1.165) is 19.3 Å². The molecule has 0 radical (unpaired) electrons. The van der Waals surface area contributed by atoms with Crippen molar-refractivity contribution in [2.24, 2.45) is 0 Å². The van der Waals surface area contributed by atoms with Gasteiger partial charge < -0.3 is 19.2 Å². The van der Waals surface area contributed by atoms with E-state index in [1.54, 1.807) is 43.3 Å². The minimum atomic E-state index is -0.754. The van der Waals surface area contributed by atoms with Crippen LogP contribution in [0.4, 0.5) is 0 Å². The summed E-state index contributed by atoms with van der Waals surface area (Å²) in [4.78, 5) is 27.1. The van der Waals surface area contributed by atoms with Gasteiger partial charge in [0.15, 0.2) is 0 Å². The maximum absolute atomic E-state index is 12.9. The Bertz CT molecular complexity index is 911. The third kappa shape index (κ3) is 3.54. The molecule has 28 heavy (non-hydrogen) atoms. The van der Waals surface area contributed by atoms with Crippen molar-refractivity contribution in [3.63, 3.8) is 0 Å². The first-order chi connectivity index (χ1) is 13.5. The van der Waals surface area contributed by atoms with Gasteiger partial charge in [0.25, 0.3) is 11.7 Å². The minimum Gasteiger partial charge on any atom is -0.507 e. The number of ether oxygens (including phenoxy) is 1. The van der Waals surface area contributed by atoms with E-state index in [1.165, 1.54) is 12.0 Å². The first kappa shape index (κ1) is 19.7. The molecule has 0 saturated carbocycles. The first-order valence-corrected chi connectivity index (χ1v) is 9.47. The van der Waals surface area contributed by atoms with E-state index in [0.29, 0.717) is 29.4 Å². The van der Waals surface area contributed by atoms with E-state index >= 15 is 0 Å². The van der Waals surface area contributed by atoms with E-state index in [2.05, 4.69) is 6.92 Å². The number of aryl methyl sites for hydroxylation is 1. The number of hydrogen-bond acceptors (Lipinski definition) is 5. The van der Waals surface area contributed by atoms with Crippen LogP contribution in [0.3, 0.4) is 0 Å². The molecule has 1 aliphatic heterocycles. The summed E-state index contributed by atoms with van der Waals surface area (Å²) >= 11 is 0. The number of rotatable bonds is 7. The second-order valence-corrected chi connectivity index (χ2v) is 6.85. The largest absolute Gasteiger partial charge is 0.507 e. The van der Waals surface area contributed by atoms with Gasteiger partial charge in [-0.1, -0.05) is 31.9 Å². The monoisotopic (exact) mass is 383 g/mol. The van der Waals surface area contributed by atoms with Gasteiger partial charge in [0.05, 0.1) is 18.2 Å². The highest BCUT2D eigenvalue weighted by atomic mass is 16.5. The second kappa shape index (κ2) is 8.33. The van der Waals surface area contributed by atoms with Gasteiger partial charge >= 0.3 is 0 Å². The Kier molecular flexibility index (Phi) is 5.87. The molecule has 2 aromatic rings. The van der Waals surface area contributed by atoms with E-state index < -0.39 is 17.7 Å². The molecule has 1 saturated heterocycles. The quantitative estimate of drug-likeness (QED) is 0.335. The Balaban J connectivity index is 2.13. The number of nitrogens with zero attached hydrogens (tertiary/aromatic N) is 1. The fourth-order valence-electron chi connectivity index (χ4n) is 3.52. The van der Waals surface area contributed by atoms with Crippen molar-refractivity contribution in [1.29, 1.82) is 0 Å². The molecule has 3 rings (SSSR count). The number of aliphatic hydroxyl groups is 1. The van der Waals surface area contributed by atoms with Gasteiger partial charge in [-0.15, -0.1) is 0 Å². The van der Waals surface area contributed by atoms with Crippen molar-refractivity contribution in [2.75, 3.05) is 13.7 Å². The molecular weight excluding hydrogens is 358 g/mol. The third-order valence-electron chi connectivity index (χ3n) is 4.94. The zero-order chi connectivity index (χ0) is 20.3. The van der Waals surface area contributed by atoms with E-state index in [-0.39, 0.29) is 11.3 Å². The normalized spacial score (nSPS) is 18.7. The number of methoxy groups -OCH3 is 1. The molecule has 1 aliphatic rings. The summed E-state index contributed by atoms with van der Waals surface area (Å²) in [6, 6.07) is 9.63. The van der Waals surface area contributed by atoms with Gasteiger partial charge in [-0.3, -0.25) is 9.59 Å². The van der Waals surface area contributed by atoms with E-state index in [4.69, 9.17) is 9.15 Å². The highest BCUT2D eigenvalue weighted by Crippen LogP contribution is 2.41. The first-order valence-electron chi connectivity index (χ1n) is 9.47. The number of Topliss-reactive ketones (excluding diaryl/α,β-unsaturated/α-hetero) is 1. The van der Waals surface area contributed by atoms with Crippen LogP contribution in [-0.4, -0.2) is 35.4 Å². The number of furan rings is 1. The number of unbranched alkanes of at least 4 members (excludes halogenated alkanes) is 2. The molecule has 1 atom stereocenters. The van der Waals surface area contributed by atoms with Crippen molar-refractivity contribution >= 4 is 17.4 Å². The third-order valence-corrected chi connectivity index (χ3v) is 4.94. The lowest BCUT2D eigenvalue weighted by Crippen LogP contribution is -2.30. The van der Waals surface area contributed by atoms with Crippen molar-refractivity contribution in [2.45, 2.75) is 39.2 Å². The van der Waals surface area contributed by atoms with Crippen LogP contribution in [0, 0.1) is 6.92 Å². The fraction of sp³-hybridized carbons (Fsp3) is 0.364. The van der Waals surface area contributed by atoms with Gasteiger partial charge in [-0.2, -0.15) is 0 Å². The number of benzene rings is 1. The Morgan fingerprint density at radius 2 is 1.93 bits per heavy atom. The number of carbonyl (C=O) groups is 2. The molecule has 6 heteroatoms. The van der Waals surface area contributed by atoms with Gasteiger partial charge in [0.2, 0.25) is 0 Å². The summed E-state index contributed by atoms with van der Waals surface area (Å²) < 4.78 is 11.1. The smallest absolute Gasteiger partial charge is 0.295 e. The average Bonchev–Trinajstić information content (AvgIpc) is 3.23. The van der Waals surface area contributed by atoms with Gasteiger partial charge in [0.1, 0.15) is 29.1 Å². The summed E-state index contributed by atoms with van der Waals surface area (Å²) in [6.45, 7) is 4.29. The number of likely N-dealkylation sites (tertiary alicyclic amines) is 1. The molecular formula is C22H25NO5. The van der Waals surface area contributed by atoms with Crippen LogP contribution in [-0.2, 0) is 9.59 Å². The van der Waals surface area contributed by atoms with Gasteiger partial charge in [0, 0.05) is 6.54 Å². The predicted octanol–water partition coefficient (Wildman–Crippen LogP) is 4.21. The summed E-state index contributed by atoms with van der Waals surface area (Å²) in [5.41, 5.74) is 0.394. The van der Waals surface area contributed by atoms with Crippen molar-refractivity contribution in [1.82, 2.24) is 4.90 Å². The summed E-state index contributed by atoms with van der Waals surface area (Å²) in [6.07, 6.45) is 2.71. The van der Waals surface area contributed by atoms with Gasteiger partial charge in [-0.05, 0) is 37.6 Å². The highest BCUT2D eigenvalue weighted by molar-refractivity contribution is 6.46. The Morgan fingerprint density at radius 1 is 1.18 bits per heavy atom. The molecule has 1 fully saturated rings. The highest BCUT2D eigenvalue weighted by Gasteiger charge is 2.47. The van der Waals surface area contributed by atoms with Crippen LogP contribution in [0.5, 0.6) is 5.75 Å². The van der Waals surface area contributed by atoms with Crippen LogP contribution >= 0.6 is 0 Å². The Morgan fingerprint density at radius 3 is 2.57 bits per heavy atom. The summed E-state index contributed by atoms with van der Waals surface area (Å²) in [5, 5.41) is 11.0. The number of ketones is 1. The molecule has 1 N–H and O–H groups in total. The molecule has 1 unspecified atom stereocenters. The fourth-order valence-corrected chi connectivity index (χ4v) is 3.52. The lowest BCUT2D eigenvalue weighted by atomic mass is 9.98. The molecule has 0 spiro atoms. The standard InChI is InChI=1S/C22H25NO5/c1-4-5-8-13-23-19(17-12-11-14(2)28-17)18(21(25)22(23)26)20(24)15-9-6-7-10-16(15)27-3/h6-7,9-12,19,24H,4-5,8,13H2,1-3H3/b20-18-. The SMILES string of the molecule is CCCCCN1C(=O)C(=O)/C(=C(\O)c2ccccc2OC)C1c1ccc(C)o1. The molecule has 0 bridgehead atoms. The van der Waals surface area contributed by atoms with Crippen LogP contribution in [0.1, 0.15) is 49.3 Å². The summed E-state index contributed by atoms with van der Waals surface area (Å²) in [5.74, 6) is -0.0268. The van der Waals surface area contributed by atoms with Crippen LogP contribution in [0.15, 0.2) is 46.4 Å². The van der Waals surface area contributed by atoms with E-state index in [9.17, 15) is 14.7 Å². The zero-order valence-electron chi connectivity index (χ0n) is 16.4. The maximum Gasteiger partial charge on any atom is 0.295 e. The lowest BCUT2D eigenvalue weighted by molar-refractivity contribution is -0.140. The number of amides is 1. The molecule has 1 amide bonds. The van der Waals surface area contributed by atoms with Crippen molar-refractivity contribution in [3.05, 3.63) is 59.1 Å². The molecule has 1 aromatic carbocycles. The minimum absolute atomic E-state index is 0.0281. The summed E-state index contributed by atoms with van der Waals surface area (Å²) in [7, 11) is 1.49. The van der Waals surface area contributed by atoms with Crippen molar-refractivity contribution in [3.8, 4) is 5.75 Å². The lowest BCUT2D eigenvalue weighted by Gasteiger charge is -2.23. The molecule has 148 valence electrons. The Hall–Kier alpha value is -3.02. The Labute approximate surface area is 164 Å². The van der Waals surface area contributed by atoms with Crippen LogP contribution in [0.25, 0.3) is 5.76 Å². The number of para-hydroxylation sites is 1. The maximum atomic E-state index is 12.9.